The first-order valence-corrected chi connectivity index (χ1v) is 8.38. The average molecular weight is 315 g/mol. The summed E-state index contributed by atoms with van der Waals surface area (Å²) in [6.07, 6.45) is 1.68. The molecule has 0 radical (unpaired) electrons. The van der Waals surface area contributed by atoms with Crippen molar-refractivity contribution in [3.05, 3.63) is 23.8 Å². The zero-order valence-electron chi connectivity index (χ0n) is 12.2. The predicted molar refractivity (Wildman–Crippen MR) is 77.7 cm³/mol. The normalized spacial score (nSPS) is 20.4. The number of ether oxygens (including phenoxy) is 2. The number of benzene rings is 1. The minimum absolute atomic E-state index is 0.0291. The van der Waals surface area contributed by atoms with E-state index in [2.05, 4.69) is 4.72 Å². The molecule has 1 saturated heterocycles. The molecule has 0 aromatic heterocycles. The van der Waals surface area contributed by atoms with E-state index in [1.807, 2.05) is 0 Å². The Labute approximate surface area is 125 Å². The largest absolute Gasteiger partial charge is 0.495 e. The summed E-state index contributed by atoms with van der Waals surface area (Å²) in [7, 11) is -2.33. The van der Waals surface area contributed by atoms with Crippen LogP contribution in [0.2, 0.25) is 0 Å². The summed E-state index contributed by atoms with van der Waals surface area (Å²) in [5, 5.41) is 9.17. The Balaban J connectivity index is 2.25. The van der Waals surface area contributed by atoms with Gasteiger partial charge in [0.25, 0.3) is 0 Å². The quantitative estimate of drug-likeness (QED) is 0.819. The van der Waals surface area contributed by atoms with Gasteiger partial charge in [-0.3, -0.25) is 0 Å². The van der Waals surface area contributed by atoms with Crippen molar-refractivity contribution < 1.29 is 23.0 Å². The third-order valence-corrected chi connectivity index (χ3v) is 5.14. The number of methoxy groups -OCH3 is 1. The predicted octanol–water partition coefficient (Wildman–Crippen LogP) is 1.03. The zero-order valence-corrected chi connectivity index (χ0v) is 13.0. The summed E-state index contributed by atoms with van der Waals surface area (Å²) < 4.78 is 38.3. The fourth-order valence-corrected chi connectivity index (χ4v) is 3.90. The molecule has 1 aromatic rings. The monoisotopic (exact) mass is 315 g/mol. The summed E-state index contributed by atoms with van der Waals surface area (Å²) in [4.78, 5) is 0.0291. The first-order chi connectivity index (χ1) is 9.97. The van der Waals surface area contributed by atoms with Crippen molar-refractivity contribution in [3.63, 3.8) is 0 Å². The van der Waals surface area contributed by atoms with Crippen LogP contribution in [0.15, 0.2) is 23.1 Å². The van der Waals surface area contributed by atoms with Crippen molar-refractivity contribution in [1.29, 1.82) is 0 Å². The molecule has 2 unspecified atom stereocenters. The molecule has 0 saturated carbocycles. The summed E-state index contributed by atoms with van der Waals surface area (Å²) in [5.74, 6) is 0.249. The SMILES string of the molecule is COc1ccc(CO)cc1S(=O)(=O)NC(C)C1CCCO1. The Morgan fingerprint density at radius 1 is 1.52 bits per heavy atom. The number of sulfonamides is 1. The Kier molecular flexibility index (Phi) is 5.21. The van der Waals surface area contributed by atoms with Crippen LogP contribution < -0.4 is 9.46 Å². The van der Waals surface area contributed by atoms with Crippen LogP contribution >= 0.6 is 0 Å². The van der Waals surface area contributed by atoms with Crippen molar-refractivity contribution in [2.75, 3.05) is 13.7 Å². The molecule has 2 rings (SSSR count). The fourth-order valence-electron chi connectivity index (χ4n) is 2.41. The molecule has 2 atom stereocenters. The second-order valence-corrected chi connectivity index (χ2v) is 6.79. The van der Waals surface area contributed by atoms with E-state index < -0.39 is 10.0 Å². The number of aliphatic hydroxyl groups is 1. The molecular weight excluding hydrogens is 294 g/mol. The summed E-state index contributed by atoms with van der Waals surface area (Å²) in [5.41, 5.74) is 0.515. The van der Waals surface area contributed by atoms with E-state index in [0.717, 1.165) is 12.8 Å². The molecule has 1 aromatic carbocycles. The third-order valence-electron chi connectivity index (χ3n) is 3.56. The van der Waals surface area contributed by atoms with Crippen LogP contribution in [0.3, 0.4) is 0 Å². The van der Waals surface area contributed by atoms with Crippen LogP contribution in [-0.4, -0.2) is 39.4 Å². The standard InChI is InChI=1S/C14H21NO5S/c1-10(12-4-3-7-20-12)15-21(17,18)14-8-11(9-16)5-6-13(14)19-2/h5-6,8,10,12,15-16H,3-4,7,9H2,1-2H3. The molecule has 0 bridgehead atoms. The zero-order chi connectivity index (χ0) is 15.5. The van der Waals surface area contributed by atoms with Gasteiger partial charge >= 0.3 is 0 Å². The van der Waals surface area contributed by atoms with Crippen LogP contribution in [0.1, 0.15) is 25.3 Å². The van der Waals surface area contributed by atoms with E-state index >= 15 is 0 Å². The van der Waals surface area contributed by atoms with Gasteiger partial charge in [0.15, 0.2) is 0 Å². The number of rotatable bonds is 6. The van der Waals surface area contributed by atoms with E-state index in [1.165, 1.54) is 19.2 Å². The van der Waals surface area contributed by atoms with Gasteiger partial charge < -0.3 is 14.6 Å². The highest BCUT2D eigenvalue weighted by Gasteiger charge is 2.28. The molecule has 1 heterocycles. The van der Waals surface area contributed by atoms with Gasteiger partial charge in [-0.05, 0) is 37.5 Å². The topological polar surface area (TPSA) is 84.9 Å². The van der Waals surface area contributed by atoms with Crippen molar-refractivity contribution in [1.82, 2.24) is 4.72 Å². The molecule has 0 spiro atoms. The molecule has 21 heavy (non-hydrogen) atoms. The molecule has 0 amide bonds. The van der Waals surface area contributed by atoms with Gasteiger partial charge in [0, 0.05) is 12.6 Å². The van der Waals surface area contributed by atoms with Crippen LogP contribution in [0.5, 0.6) is 5.75 Å². The van der Waals surface area contributed by atoms with E-state index in [1.54, 1.807) is 13.0 Å². The van der Waals surface area contributed by atoms with Gasteiger partial charge in [0.2, 0.25) is 10.0 Å². The number of nitrogens with one attached hydrogen (secondary N) is 1. The average Bonchev–Trinajstić information content (AvgIpc) is 3.00. The van der Waals surface area contributed by atoms with Gasteiger partial charge in [-0.25, -0.2) is 13.1 Å². The lowest BCUT2D eigenvalue weighted by Gasteiger charge is -2.21. The summed E-state index contributed by atoms with van der Waals surface area (Å²) in [6.45, 7) is 2.23. The number of aliphatic hydroxyl groups excluding tert-OH is 1. The highest BCUT2D eigenvalue weighted by atomic mass is 32.2. The van der Waals surface area contributed by atoms with Crippen LogP contribution in [0.25, 0.3) is 0 Å². The van der Waals surface area contributed by atoms with Crippen molar-refractivity contribution in [2.45, 2.75) is 43.4 Å². The number of hydrogen-bond acceptors (Lipinski definition) is 5. The molecule has 0 aliphatic carbocycles. The highest BCUT2D eigenvalue weighted by molar-refractivity contribution is 7.89. The minimum Gasteiger partial charge on any atom is -0.495 e. The summed E-state index contributed by atoms with van der Waals surface area (Å²) in [6, 6.07) is 4.27. The molecule has 1 aliphatic heterocycles. The second kappa shape index (κ2) is 6.74. The van der Waals surface area contributed by atoms with Gasteiger partial charge in [-0.1, -0.05) is 6.07 Å². The van der Waals surface area contributed by atoms with Crippen LogP contribution in [0, 0.1) is 0 Å². The molecular formula is C14H21NO5S. The molecule has 118 valence electrons. The smallest absolute Gasteiger partial charge is 0.244 e. The Morgan fingerprint density at radius 3 is 2.86 bits per heavy atom. The van der Waals surface area contributed by atoms with Crippen LogP contribution in [-0.2, 0) is 21.4 Å². The third kappa shape index (κ3) is 3.74. The second-order valence-electron chi connectivity index (χ2n) is 5.10. The van der Waals surface area contributed by atoms with Crippen molar-refractivity contribution in [2.24, 2.45) is 0 Å². The van der Waals surface area contributed by atoms with E-state index in [4.69, 9.17) is 14.6 Å². The lowest BCUT2D eigenvalue weighted by molar-refractivity contribution is 0.0902. The molecule has 7 heteroatoms. The first-order valence-electron chi connectivity index (χ1n) is 6.89. The molecule has 2 N–H and O–H groups in total. The Morgan fingerprint density at radius 2 is 2.29 bits per heavy atom. The molecule has 1 aliphatic rings. The van der Waals surface area contributed by atoms with Crippen LogP contribution in [0.4, 0.5) is 0 Å². The lowest BCUT2D eigenvalue weighted by atomic mass is 10.1. The maximum atomic E-state index is 12.5. The maximum absolute atomic E-state index is 12.5. The van der Waals surface area contributed by atoms with Crippen molar-refractivity contribution in [3.8, 4) is 5.75 Å². The molecule has 1 fully saturated rings. The van der Waals surface area contributed by atoms with Crippen molar-refractivity contribution >= 4 is 10.0 Å². The van der Waals surface area contributed by atoms with Gasteiger partial charge in [-0.15, -0.1) is 0 Å². The van der Waals surface area contributed by atoms with Gasteiger partial charge in [0.05, 0.1) is 19.8 Å². The Bertz CT molecular complexity index is 581. The maximum Gasteiger partial charge on any atom is 0.244 e. The first kappa shape index (κ1) is 16.2. The minimum atomic E-state index is -3.74. The highest BCUT2D eigenvalue weighted by Crippen LogP contribution is 2.26. The number of hydrogen-bond donors (Lipinski definition) is 2. The lowest BCUT2D eigenvalue weighted by Crippen LogP contribution is -2.40. The van der Waals surface area contributed by atoms with E-state index in [9.17, 15) is 8.42 Å². The fraction of sp³-hybridized carbons (Fsp3) is 0.571. The van der Waals surface area contributed by atoms with E-state index in [0.29, 0.717) is 12.2 Å². The molecule has 6 nitrogen and oxygen atoms in total. The van der Waals surface area contributed by atoms with E-state index in [-0.39, 0.29) is 29.4 Å². The van der Waals surface area contributed by atoms with Gasteiger partial charge in [0.1, 0.15) is 10.6 Å². The Hall–Kier alpha value is -1.15. The summed E-state index contributed by atoms with van der Waals surface area (Å²) >= 11 is 0. The van der Waals surface area contributed by atoms with Gasteiger partial charge in [-0.2, -0.15) is 0 Å².